The van der Waals surface area contributed by atoms with Gasteiger partial charge < -0.3 is 4.74 Å². The Morgan fingerprint density at radius 1 is 1.44 bits per heavy atom. The third-order valence-corrected chi connectivity index (χ3v) is 2.57. The van der Waals surface area contributed by atoms with Crippen molar-refractivity contribution in [2.24, 2.45) is 0 Å². The maximum atomic E-state index is 11.4. The first-order valence-electron chi connectivity index (χ1n) is 4.85. The minimum Gasteiger partial charge on any atom is -0.447 e. The number of carbonyl (C=O) groups is 2. The van der Waals surface area contributed by atoms with Crippen molar-refractivity contribution < 1.29 is 14.3 Å². The Hall–Kier alpha value is -1.55. The number of halogens is 1. The largest absolute Gasteiger partial charge is 0.447 e. The Kier molecular flexibility index (Phi) is 3.10. The molecule has 0 bridgehead atoms. The fraction of sp³-hybridized carbons (Fsp3) is 0.273. The van der Waals surface area contributed by atoms with Gasteiger partial charge >= 0.3 is 6.09 Å². The van der Waals surface area contributed by atoms with Gasteiger partial charge in [-0.2, -0.15) is 0 Å². The summed E-state index contributed by atoms with van der Waals surface area (Å²) in [5.74, 6) is 0. The summed E-state index contributed by atoms with van der Waals surface area (Å²) in [5.41, 5.74) is 0.936. The SMILES string of the molecule is O=C(Cl)CN1C(=O)OC[C@H]1c1ccccc1. The van der Waals surface area contributed by atoms with E-state index in [9.17, 15) is 9.59 Å². The van der Waals surface area contributed by atoms with E-state index < -0.39 is 11.3 Å². The Labute approximate surface area is 97.7 Å². The van der Waals surface area contributed by atoms with Crippen LogP contribution in [0.1, 0.15) is 11.6 Å². The van der Waals surface area contributed by atoms with Gasteiger partial charge in [0.1, 0.15) is 6.61 Å². The topological polar surface area (TPSA) is 46.6 Å². The van der Waals surface area contributed by atoms with Crippen molar-refractivity contribution in [3.8, 4) is 0 Å². The first kappa shape index (κ1) is 11.0. The van der Waals surface area contributed by atoms with Crippen molar-refractivity contribution in [2.75, 3.05) is 13.2 Å². The van der Waals surface area contributed by atoms with Crippen LogP contribution in [0.3, 0.4) is 0 Å². The van der Waals surface area contributed by atoms with Crippen LogP contribution >= 0.6 is 11.6 Å². The Bertz CT molecular complexity index is 407. The molecule has 1 atom stereocenters. The molecule has 1 aliphatic rings. The molecule has 4 nitrogen and oxygen atoms in total. The van der Waals surface area contributed by atoms with E-state index in [0.717, 1.165) is 5.56 Å². The lowest BCUT2D eigenvalue weighted by Gasteiger charge is -2.19. The number of ether oxygens (including phenoxy) is 1. The number of rotatable bonds is 3. The van der Waals surface area contributed by atoms with Crippen LogP contribution in [0.2, 0.25) is 0 Å². The molecular weight excluding hydrogens is 230 g/mol. The second-order valence-electron chi connectivity index (χ2n) is 3.49. The van der Waals surface area contributed by atoms with Gasteiger partial charge in [0.2, 0.25) is 5.24 Å². The van der Waals surface area contributed by atoms with E-state index in [1.807, 2.05) is 30.3 Å². The third-order valence-electron chi connectivity index (χ3n) is 2.45. The first-order chi connectivity index (χ1) is 7.68. The lowest BCUT2D eigenvalue weighted by atomic mass is 10.1. The molecule has 1 amide bonds. The monoisotopic (exact) mass is 239 g/mol. The van der Waals surface area contributed by atoms with E-state index in [0.29, 0.717) is 0 Å². The minimum atomic E-state index is -0.570. The summed E-state index contributed by atoms with van der Waals surface area (Å²) in [4.78, 5) is 23.6. The van der Waals surface area contributed by atoms with E-state index in [4.69, 9.17) is 16.3 Å². The van der Waals surface area contributed by atoms with Gasteiger partial charge in [-0.1, -0.05) is 30.3 Å². The maximum absolute atomic E-state index is 11.4. The molecule has 1 fully saturated rings. The molecule has 1 heterocycles. The van der Waals surface area contributed by atoms with E-state index in [2.05, 4.69) is 0 Å². The van der Waals surface area contributed by atoms with Crippen LogP contribution in [0.4, 0.5) is 4.79 Å². The second kappa shape index (κ2) is 4.53. The van der Waals surface area contributed by atoms with E-state index in [1.54, 1.807) is 0 Å². The van der Waals surface area contributed by atoms with Crippen LogP contribution in [0.25, 0.3) is 0 Å². The van der Waals surface area contributed by atoms with Crippen molar-refractivity contribution in [3.63, 3.8) is 0 Å². The average molecular weight is 240 g/mol. The Morgan fingerprint density at radius 3 is 2.75 bits per heavy atom. The minimum absolute atomic E-state index is 0.125. The highest BCUT2D eigenvalue weighted by molar-refractivity contribution is 6.64. The van der Waals surface area contributed by atoms with Crippen LogP contribution in [-0.2, 0) is 9.53 Å². The number of hydrogen-bond donors (Lipinski definition) is 0. The molecule has 1 saturated heterocycles. The summed E-state index contributed by atoms with van der Waals surface area (Å²) in [6.07, 6.45) is -0.497. The lowest BCUT2D eigenvalue weighted by molar-refractivity contribution is -0.112. The maximum Gasteiger partial charge on any atom is 0.410 e. The summed E-state index contributed by atoms with van der Waals surface area (Å²) in [6, 6.07) is 9.18. The van der Waals surface area contributed by atoms with Gasteiger partial charge in [-0.05, 0) is 17.2 Å². The van der Waals surface area contributed by atoms with Gasteiger partial charge in [-0.25, -0.2) is 4.79 Å². The van der Waals surface area contributed by atoms with Gasteiger partial charge in [0, 0.05) is 0 Å². The van der Waals surface area contributed by atoms with Crippen LogP contribution in [-0.4, -0.2) is 29.4 Å². The fourth-order valence-corrected chi connectivity index (χ4v) is 1.84. The number of carbonyl (C=O) groups excluding carboxylic acids is 2. The molecule has 1 aliphatic heterocycles. The molecule has 0 radical (unpaired) electrons. The molecular formula is C11H10ClNO3. The fourth-order valence-electron chi connectivity index (χ4n) is 1.71. The zero-order chi connectivity index (χ0) is 11.5. The van der Waals surface area contributed by atoms with Crippen LogP contribution in [0, 0.1) is 0 Å². The standard InChI is InChI=1S/C11H10ClNO3/c12-10(14)6-13-9(7-16-11(13)15)8-4-2-1-3-5-8/h1-5,9H,6-7H2/t9-/m0/s1. The van der Waals surface area contributed by atoms with Crippen LogP contribution in [0.15, 0.2) is 30.3 Å². The summed E-state index contributed by atoms with van der Waals surface area (Å²) in [7, 11) is 0. The van der Waals surface area contributed by atoms with Crippen LogP contribution in [0.5, 0.6) is 0 Å². The second-order valence-corrected chi connectivity index (χ2v) is 3.91. The number of benzene rings is 1. The zero-order valence-electron chi connectivity index (χ0n) is 8.43. The molecule has 16 heavy (non-hydrogen) atoms. The van der Waals surface area contributed by atoms with E-state index in [1.165, 1.54) is 4.90 Å². The van der Waals surface area contributed by atoms with Gasteiger partial charge in [0.05, 0.1) is 12.6 Å². The summed E-state index contributed by atoms with van der Waals surface area (Å²) in [6.45, 7) is 0.132. The van der Waals surface area contributed by atoms with Crippen molar-refractivity contribution in [3.05, 3.63) is 35.9 Å². The molecule has 84 valence electrons. The molecule has 0 N–H and O–H groups in total. The van der Waals surface area contributed by atoms with Crippen molar-refractivity contribution in [1.29, 1.82) is 0 Å². The van der Waals surface area contributed by atoms with Crippen molar-refractivity contribution in [2.45, 2.75) is 6.04 Å². The summed E-state index contributed by atoms with van der Waals surface area (Å²) in [5, 5.41) is -0.570. The number of cyclic esters (lactones) is 1. The highest BCUT2D eigenvalue weighted by atomic mass is 35.5. The smallest absolute Gasteiger partial charge is 0.410 e. The predicted octanol–water partition coefficient (Wildman–Crippen LogP) is 1.95. The van der Waals surface area contributed by atoms with E-state index in [-0.39, 0.29) is 19.2 Å². The normalized spacial score (nSPS) is 19.7. The molecule has 0 aliphatic carbocycles. The molecule has 0 unspecified atom stereocenters. The van der Waals surface area contributed by atoms with E-state index >= 15 is 0 Å². The third kappa shape index (κ3) is 2.17. The number of amides is 1. The van der Waals surface area contributed by atoms with Gasteiger partial charge in [0.25, 0.3) is 0 Å². The molecule has 1 aromatic carbocycles. The molecule has 0 aromatic heterocycles. The number of nitrogens with zero attached hydrogens (tertiary/aromatic N) is 1. The molecule has 0 spiro atoms. The average Bonchev–Trinajstić information content (AvgIpc) is 2.61. The first-order valence-corrected chi connectivity index (χ1v) is 5.23. The molecule has 1 aromatic rings. The predicted molar refractivity (Wildman–Crippen MR) is 58.1 cm³/mol. The summed E-state index contributed by atoms with van der Waals surface area (Å²) < 4.78 is 4.91. The Morgan fingerprint density at radius 2 is 2.12 bits per heavy atom. The number of hydrogen-bond acceptors (Lipinski definition) is 3. The van der Waals surface area contributed by atoms with Crippen molar-refractivity contribution >= 4 is 22.9 Å². The summed E-state index contributed by atoms with van der Waals surface area (Å²) >= 11 is 5.29. The lowest BCUT2D eigenvalue weighted by Crippen LogP contribution is -2.31. The quantitative estimate of drug-likeness (QED) is 0.758. The molecule has 0 saturated carbocycles. The van der Waals surface area contributed by atoms with Crippen molar-refractivity contribution in [1.82, 2.24) is 4.90 Å². The molecule has 5 heteroatoms. The van der Waals surface area contributed by atoms with Gasteiger partial charge in [-0.3, -0.25) is 9.69 Å². The van der Waals surface area contributed by atoms with Gasteiger partial charge in [0.15, 0.2) is 0 Å². The zero-order valence-corrected chi connectivity index (χ0v) is 9.18. The van der Waals surface area contributed by atoms with Gasteiger partial charge in [-0.15, -0.1) is 0 Å². The Balaban J connectivity index is 2.21. The molecule has 2 rings (SSSR count). The van der Waals surface area contributed by atoms with Crippen LogP contribution < -0.4 is 0 Å². The highest BCUT2D eigenvalue weighted by Gasteiger charge is 2.34. The highest BCUT2D eigenvalue weighted by Crippen LogP contribution is 2.27.